The van der Waals surface area contributed by atoms with Gasteiger partial charge in [-0.05, 0) is 48.4 Å². The highest BCUT2D eigenvalue weighted by atomic mass is 19.4. The first-order valence-corrected chi connectivity index (χ1v) is 11.0. The number of rotatable bonds is 2. The summed E-state index contributed by atoms with van der Waals surface area (Å²) in [5.41, 5.74) is 9.86. The van der Waals surface area contributed by atoms with Gasteiger partial charge >= 0.3 is 6.36 Å². The minimum Gasteiger partial charge on any atom is -0.406 e. The molecule has 3 heterocycles. The maximum atomic E-state index is 13.8. The Morgan fingerprint density at radius 3 is 2.83 bits per heavy atom. The molecule has 1 amide bonds. The lowest BCUT2D eigenvalue weighted by molar-refractivity contribution is -0.274. The normalized spacial score (nSPS) is 21.8. The van der Waals surface area contributed by atoms with Gasteiger partial charge in [-0.3, -0.25) is 9.20 Å². The molecule has 8 nitrogen and oxygen atoms in total. The summed E-state index contributed by atoms with van der Waals surface area (Å²) in [7, 11) is 0. The predicted molar refractivity (Wildman–Crippen MR) is 120 cm³/mol. The zero-order valence-corrected chi connectivity index (χ0v) is 18.5. The van der Waals surface area contributed by atoms with Crippen molar-refractivity contribution in [3.8, 4) is 5.75 Å². The molecule has 180 valence electrons. The fraction of sp³-hybridized carbons (Fsp3) is 0.292. The molecule has 3 atom stereocenters. The lowest BCUT2D eigenvalue weighted by Gasteiger charge is -2.41. The third-order valence-corrected chi connectivity index (χ3v) is 6.52. The topological polar surface area (TPSA) is 95.0 Å². The fourth-order valence-electron chi connectivity index (χ4n) is 5.18. The van der Waals surface area contributed by atoms with Gasteiger partial charge in [0, 0.05) is 18.5 Å². The first-order valence-electron chi connectivity index (χ1n) is 11.0. The van der Waals surface area contributed by atoms with Crippen LogP contribution in [0.1, 0.15) is 34.5 Å². The first-order chi connectivity index (χ1) is 16.7. The summed E-state index contributed by atoms with van der Waals surface area (Å²) in [6, 6.07) is 9.01. The second kappa shape index (κ2) is 7.57. The zero-order valence-electron chi connectivity index (χ0n) is 18.5. The number of nitrogens with zero attached hydrogens (tertiary/aromatic N) is 4. The van der Waals surface area contributed by atoms with Crippen LogP contribution in [-0.2, 0) is 11.2 Å². The highest BCUT2D eigenvalue weighted by Crippen LogP contribution is 2.43. The first kappa shape index (κ1) is 21.7. The van der Waals surface area contributed by atoms with Crippen LogP contribution in [0.5, 0.6) is 5.75 Å². The Hall–Kier alpha value is -3.86. The van der Waals surface area contributed by atoms with Crippen molar-refractivity contribution in [3.05, 3.63) is 65.6 Å². The number of carbonyl (C=O) groups is 1. The van der Waals surface area contributed by atoms with E-state index in [1.54, 1.807) is 46.1 Å². The van der Waals surface area contributed by atoms with Crippen molar-refractivity contribution in [2.45, 2.75) is 38.0 Å². The van der Waals surface area contributed by atoms with Gasteiger partial charge in [0.25, 0.3) is 5.91 Å². The predicted octanol–water partition coefficient (Wildman–Crippen LogP) is 3.89. The fourth-order valence-corrected chi connectivity index (χ4v) is 5.18. The van der Waals surface area contributed by atoms with Gasteiger partial charge in [-0.1, -0.05) is 6.07 Å². The number of hydrogen-bond donors (Lipinski definition) is 1. The average molecular weight is 483 g/mol. The van der Waals surface area contributed by atoms with Crippen molar-refractivity contribution in [1.82, 2.24) is 19.3 Å². The van der Waals surface area contributed by atoms with E-state index in [9.17, 15) is 18.0 Å². The molecule has 0 radical (unpaired) electrons. The molecule has 2 aromatic heterocycles. The number of hydrogen-bond acceptors (Lipinski definition) is 6. The van der Waals surface area contributed by atoms with Crippen LogP contribution < -0.4 is 10.5 Å². The van der Waals surface area contributed by atoms with Gasteiger partial charge in [0.05, 0.1) is 41.8 Å². The van der Waals surface area contributed by atoms with Gasteiger partial charge in [0.2, 0.25) is 0 Å². The molecule has 4 aromatic rings. The van der Waals surface area contributed by atoms with Crippen LogP contribution in [0.3, 0.4) is 0 Å². The van der Waals surface area contributed by atoms with Crippen molar-refractivity contribution in [2.24, 2.45) is 0 Å². The molecular weight excluding hydrogens is 463 g/mol. The Morgan fingerprint density at radius 2 is 2.03 bits per heavy atom. The summed E-state index contributed by atoms with van der Waals surface area (Å²) < 4.78 is 50.0. The highest BCUT2D eigenvalue weighted by Gasteiger charge is 2.44. The van der Waals surface area contributed by atoms with E-state index in [1.807, 2.05) is 6.92 Å². The molecule has 1 aliphatic heterocycles. The van der Waals surface area contributed by atoms with E-state index in [-0.39, 0.29) is 23.9 Å². The Morgan fingerprint density at radius 1 is 1.20 bits per heavy atom. The van der Waals surface area contributed by atoms with Crippen LogP contribution in [0.25, 0.3) is 16.6 Å². The molecular formula is C24H20F3N5O3. The molecule has 2 aliphatic rings. The summed E-state index contributed by atoms with van der Waals surface area (Å²) in [5.74, 6) is -0.146. The molecule has 2 N–H and O–H groups in total. The van der Waals surface area contributed by atoms with Gasteiger partial charge in [0.1, 0.15) is 17.1 Å². The molecule has 11 heteroatoms. The molecule has 1 saturated heterocycles. The highest BCUT2D eigenvalue weighted by molar-refractivity contribution is 5.98. The smallest absolute Gasteiger partial charge is 0.406 e. The molecule has 1 aliphatic carbocycles. The number of imidazole rings is 1. The molecule has 0 bridgehead atoms. The number of carbonyl (C=O) groups excluding carboxylic acids is 1. The number of nitrogen functional groups attached to an aromatic ring is 1. The van der Waals surface area contributed by atoms with Gasteiger partial charge in [-0.25, -0.2) is 9.97 Å². The number of halogens is 3. The van der Waals surface area contributed by atoms with E-state index in [1.165, 1.54) is 12.1 Å². The number of ether oxygens (including phenoxy) is 2. The molecule has 0 saturated carbocycles. The quantitative estimate of drug-likeness (QED) is 0.465. The molecule has 2 aromatic carbocycles. The summed E-state index contributed by atoms with van der Waals surface area (Å²) in [5, 5.41) is 0. The van der Waals surface area contributed by atoms with E-state index in [2.05, 4.69) is 14.7 Å². The third kappa shape index (κ3) is 3.63. The lowest BCUT2D eigenvalue weighted by atomic mass is 10.0. The lowest BCUT2D eigenvalue weighted by Crippen LogP contribution is -2.50. The van der Waals surface area contributed by atoms with Crippen molar-refractivity contribution >= 4 is 28.3 Å². The number of morpholine rings is 1. The third-order valence-electron chi connectivity index (χ3n) is 6.52. The van der Waals surface area contributed by atoms with E-state index in [0.29, 0.717) is 46.5 Å². The number of amides is 1. The van der Waals surface area contributed by atoms with Crippen LogP contribution in [0, 0.1) is 0 Å². The number of anilines is 1. The van der Waals surface area contributed by atoms with Crippen molar-refractivity contribution in [1.29, 1.82) is 0 Å². The van der Waals surface area contributed by atoms with Crippen molar-refractivity contribution < 1.29 is 27.4 Å². The number of benzene rings is 2. The van der Waals surface area contributed by atoms with Gasteiger partial charge < -0.3 is 20.1 Å². The molecule has 0 spiro atoms. The van der Waals surface area contributed by atoms with Crippen molar-refractivity contribution in [3.63, 3.8) is 0 Å². The zero-order chi connectivity index (χ0) is 24.5. The number of alkyl halides is 3. The van der Waals surface area contributed by atoms with Gasteiger partial charge in [-0.15, -0.1) is 13.2 Å². The minimum absolute atomic E-state index is 0.203. The second-order valence-electron chi connectivity index (χ2n) is 8.85. The Labute approximate surface area is 197 Å². The van der Waals surface area contributed by atoms with E-state index in [4.69, 9.17) is 10.5 Å². The van der Waals surface area contributed by atoms with E-state index < -0.39 is 12.4 Å². The monoisotopic (exact) mass is 483 g/mol. The standard InChI is InChI=1S/C24H20F3N5O3/c1-12-10-31(21-16-4-3-15(35-24(25,26)27)6-14(16)8-20(21)34-12)23(33)13-2-5-17-18(7-13)32-11-29-9-19(32)22(28)30-17/h2-7,9,11-12,20-21H,8,10H2,1H3,(H2,28,30)/t12-,20+,21-/m0/s1. The van der Waals surface area contributed by atoms with Gasteiger partial charge in [-0.2, -0.15) is 0 Å². The average Bonchev–Trinajstić information content (AvgIpc) is 3.42. The van der Waals surface area contributed by atoms with Gasteiger partial charge in [0.15, 0.2) is 0 Å². The Bertz CT molecular complexity index is 1480. The van der Waals surface area contributed by atoms with E-state index >= 15 is 0 Å². The van der Waals surface area contributed by atoms with Crippen LogP contribution in [0.15, 0.2) is 48.9 Å². The maximum Gasteiger partial charge on any atom is 0.573 e. The Balaban J connectivity index is 1.38. The largest absolute Gasteiger partial charge is 0.573 e. The van der Waals surface area contributed by atoms with Crippen LogP contribution in [0.2, 0.25) is 0 Å². The number of aromatic nitrogens is 3. The number of nitrogens with two attached hydrogens (primary N) is 1. The summed E-state index contributed by atoms with van der Waals surface area (Å²) in [4.78, 5) is 24.0. The second-order valence-corrected chi connectivity index (χ2v) is 8.85. The summed E-state index contributed by atoms with van der Waals surface area (Å²) in [6.45, 7) is 2.22. The number of fused-ring (bicyclic) bond motifs is 6. The van der Waals surface area contributed by atoms with E-state index in [0.717, 1.165) is 5.56 Å². The SMILES string of the molecule is C[C@H]1CN(C(=O)c2ccc3nc(N)c4cncn4c3c2)[C@H]2c3ccc(OC(F)(F)F)cc3C[C@H]2O1. The van der Waals surface area contributed by atoms with Crippen LogP contribution in [0.4, 0.5) is 19.0 Å². The summed E-state index contributed by atoms with van der Waals surface area (Å²) >= 11 is 0. The molecule has 0 unspecified atom stereocenters. The molecule has 1 fully saturated rings. The maximum absolute atomic E-state index is 13.8. The van der Waals surface area contributed by atoms with Crippen LogP contribution in [-0.4, -0.2) is 50.3 Å². The van der Waals surface area contributed by atoms with Crippen LogP contribution >= 0.6 is 0 Å². The molecule has 35 heavy (non-hydrogen) atoms. The molecule has 6 rings (SSSR count). The Kier molecular flexibility index (Phi) is 4.69. The minimum atomic E-state index is -4.77. The summed E-state index contributed by atoms with van der Waals surface area (Å²) in [6.07, 6.45) is -1.76. The van der Waals surface area contributed by atoms with Crippen molar-refractivity contribution in [2.75, 3.05) is 12.3 Å².